The van der Waals surface area contributed by atoms with Gasteiger partial charge in [0.1, 0.15) is 17.8 Å². The van der Waals surface area contributed by atoms with Gasteiger partial charge in [-0.2, -0.15) is 8.78 Å². The quantitative estimate of drug-likeness (QED) is 0.867. The van der Waals surface area contributed by atoms with Gasteiger partial charge in [-0.3, -0.25) is 4.79 Å². The summed E-state index contributed by atoms with van der Waals surface area (Å²) < 4.78 is 28.9. The molecule has 0 saturated carbocycles. The Morgan fingerprint density at radius 2 is 1.81 bits per heavy atom. The minimum Gasteiger partial charge on any atom is -0.434 e. The first-order valence-corrected chi connectivity index (χ1v) is 6.26. The maximum Gasteiger partial charge on any atom is 0.387 e. The van der Waals surface area contributed by atoms with Gasteiger partial charge in [-0.25, -0.2) is 9.97 Å². The second-order valence-electron chi connectivity index (χ2n) is 3.66. The van der Waals surface area contributed by atoms with Gasteiger partial charge in [-0.1, -0.05) is 35.3 Å². The fourth-order valence-corrected chi connectivity index (χ4v) is 1.89. The van der Waals surface area contributed by atoms with Gasteiger partial charge < -0.3 is 10.1 Å². The molecule has 110 valence electrons. The third-order valence-electron chi connectivity index (χ3n) is 2.34. The number of hydrogen-bond acceptors (Lipinski definition) is 4. The van der Waals surface area contributed by atoms with Gasteiger partial charge in [0.05, 0.1) is 5.56 Å². The van der Waals surface area contributed by atoms with Crippen LogP contribution in [0, 0.1) is 0 Å². The number of amides is 1. The first-order valence-electron chi connectivity index (χ1n) is 5.50. The zero-order chi connectivity index (χ0) is 15.4. The Morgan fingerprint density at radius 1 is 1.19 bits per heavy atom. The molecule has 0 atom stereocenters. The van der Waals surface area contributed by atoms with Crippen LogP contribution in [-0.2, 0) is 0 Å². The first kappa shape index (κ1) is 15.4. The van der Waals surface area contributed by atoms with Crippen molar-refractivity contribution in [3.63, 3.8) is 0 Å². The third kappa shape index (κ3) is 3.77. The highest BCUT2D eigenvalue weighted by molar-refractivity contribution is 6.38. The number of aromatic nitrogens is 2. The maximum atomic E-state index is 12.3. The highest BCUT2D eigenvalue weighted by atomic mass is 35.5. The van der Waals surface area contributed by atoms with Gasteiger partial charge >= 0.3 is 6.61 Å². The fraction of sp³-hybridized carbons (Fsp3) is 0.0833. The molecule has 5 nitrogen and oxygen atoms in total. The van der Waals surface area contributed by atoms with Gasteiger partial charge in [0.2, 0.25) is 0 Å². The molecule has 0 saturated heterocycles. The highest BCUT2D eigenvalue weighted by Gasteiger charge is 2.18. The van der Waals surface area contributed by atoms with Crippen LogP contribution in [0.4, 0.5) is 14.5 Å². The number of para-hydroxylation sites is 1. The van der Waals surface area contributed by atoms with E-state index in [4.69, 9.17) is 23.2 Å². The smallest absolute Gasteiger partial charge is 0.387 e. The number of rotatable bonds is 4. The molecule has 2 rings (SSSR count). The summed E-state index contributed by atoms with van der Waals surface area (Å²) in [5.74, 6) is -1.00. The molecule has 1 amide bonds. The second kappa shape index (κ2) is 6.64. The number of ether oxygens (including phenoxy) is 1. The summed E-state index contributed by atoms with van der Waals surface area (Å²) in [4.78, 5) is 19.4. The number of carbonyl (C=O) groups is 1. The number of anilines is 1. The van der Waals surface area contributed by atoms with Crippen molar-refractivity contribution in [2.75, 3.05) is 5.32 Å². The SMILES string of the molecule is O=C(Nc1c(Cl)ncnc1Cl)c1ccccc1OC(F)F. The van der Waals surface area contributed by atoms with Crippen molar-refractivity contribution >= 4 is 34.8 Å². The van der Waals surface area contributed by atoms with E-state index < -0.39 is 12.5 Å². The molecule has 1 aromatic carbocycles. The van der Waals surface area contributed by atoms with E-state index in [0.29, 0.717) is 0 Å². The zero-order valence-corrected chi connectivity index (χ0v) is 11.7. The normalized spacial score (nSPS) is 10.5. The molecule has 2 aromatic rings. The van der Waals surface area contributed by atoms with Crippen molar-refractivity contribution in [2.24, 2.45) is 0 Å². The van der Waals surface area contributed by atoms with E-state index in [1.165, 1.54) is 24.3 Å². The van der Waals surface area contributed by atoms with Gasteiger partial charge in [0.25, 0.3) is 5.91 Å². The van der Waals surface area contributed by atoms with Crippen LogP contribution in [0.5, 0.6) is 5.75 Å². The molecule has 0 radical (unpaired) electrons. The van der Waals surface area contributed by atoms with Gasteiger partial charge in [0.15, 0.2) is 10.3 Å². The summed E-state index contributed by atoms with van der Waals surface area (Å²) >= 11 is 11.6. The van der Waals surface area contributed by atoms with E-state index in [2.05, 4.69) is 20.0 Å². The average molecular weight is 334 g/mol. The molecule has 0 aliphatic rings. The lowest BCUT2D eigenvalue weighted by Crippen LogP contribution is -2.16. The van der Waals surface area contributed by atoms with Crippen LogP contribution in [0.15, 0.2) is 30.6 Å². The molecule has 0 aliphatic heterocycles. The molecule has 0 bridgehead atoms. The van der Waals surface area contributed by atoms with Crippen LogP contribution >= 0.6 is 23.2 Å². The summed E-state index contributed by atoms with van der Waals surface area (Å²) in [7, 11) is 0. The largest absolute Gasteiger partial charge is 0.434 e. The van der Waals surface area contributed by atoms with E-state index >= 15 is 0 Å². The molecule has 0 unspecified atom stereocenters. The summed E-state index contributed by atoms with van der Waals surface area (Å²) in [5, 5.41) is 2.21. The number of alkyl halides is 2. The molecule has 1 N–H and O–H groups in total. The van der Waals surface area contributed by atoms with Crippen LogP contribution in [0.25, 0.3) is 0 Å². The van der Waals surface area contributed by atoms with Crippen molar-refractivity contribution in [1.29, 1.82) is 0 Å². The number of carbonyl (C=O) groups excluding carboxylic acids is 1. The Balaban J connectivity index is 2.29. The average Bonchev–Trinajstić information content (AvgIpc) is 2.43. The van der Waals surface area contributed by atoms with Crippen molar-refractivity contribution in [2.45, 2.75) is 6.61 Å². The van der Waals surface area contributed by atoms with E-state index in [1.807, 2.05) is 0 Å². The highest BCUT2D eigenvalue weighted by Crippen LogP contribution is 2.28. The zero-order valence-electron chi connectivity index (χ0n) is 10.2. The lowest BCUT2D eigenvalue weighted by molar-refractivity contribution is -0.0501. The van der Waals surface area contributed by atoms with Crippen LogP contribution in [0.1, 0.15) is 10.4 Å². The lowest BCUT2D eigenvalue weighted by atomic mass is 10.2. The first-order chi connectivity index (χ1) is 9.99. The lowest BCUT2D eigenvalue weighted by Gasteiger charge is -2.11. The molecular weight excluding hydrogens is 327 g/mol. The monoisotopic (exact) mass is 333 g/mol. The molecule has 1 heterocycles. The number of hydrogen-bond donors (Lipinski definition) is 1. The topological polar surface area (TPSA) is 64.1 Å². The van der Waals surface area contributed by atoms with Gasteiger partial charge in [-0.15, -0.1) is 0 Å². The van der Waals surface area contributed by atoms with Crippen molar-refractivity contribution in [3.05, 3.63) is 46.5 Å². The minimum atomic E-state index is -3.05. The second-order valence-corrected chi connectivity index (χ2v) is 4.38. The molecule has 0 fully saturated rings. The number of benzene rings is 1. The van der Waals surface area contributed by atoms with Crippen molar-refractivity contribution in [1.82, 2.24) is 9.97 Å². The summed E-state index contributed by atoms with van der Waals surface area (Å²) in [6.45, 7) is -3.05. The number of nitrogens with zero attached hydrogens (tertiary/aromatic N) is 2. The Bertz CT molecular complexity index is 650. The molecule has 9 heteroatoms. The molecular formula is C12H7Cl2F2N3O2. The van der Waals surface area contributed by atoms with E-state index in [-0.39, 0.29) is 27.3 Å². The number of halogens is 4. The molecule has 21 heavy (non-hydrogen) atoms. The fourth-order valence-electron chi connectivity index (χ4n) is 1.48. The summed E-state index contributed by atoms with van der Waals surface area (Å²) in [6, 6.07) is 5.52. The minimum absolute atomic E-state index is 0.0160. The molecule has 0 spiro atoms. The van der Waals surface area contributed by atoms with Gasteiger partial charge in [0, 0.05) is 0 Å². The van der Waals surface area contributed by atoms with Crippen LogP contribution in [-0.4, -0.2) is 22.5 Å². The summed E-state index contributed by atoms with van der Waals surface area (Å²) in [5.41, 5.74) is -0.119. The Labute approximate surface area is 127 Å². The summed E-state index contributed by atoms with van der Waals surface area (Å²) in [6.07, 6.45) is 1.12. The van der Waals surface area contributed by atoms with Crippen LogP contribution in [0.3, 0.4) is 0 Å². The molecule has 0 aliphatic carbocycles. The molecule has 1 aromatic heterocycles. The third-order valence-corrected chi connectivity index (χ3v) is 2.91. The van der Waals surface area contributed by atoms with Gasteiger partial charge in [-0.05, 0) is 12.1 Å². The Hall–Kier alpha value is -1.99. The number of nitrogens with one attached hydrogen (secondary N) is 1. The van der Waals surface area contributed by atoms with Crippen LogP contribution in [0.2, 0.25) is 10.3 Å². The van der Waals surface area contributed by atoms with E-state index in [1.54, 1.807) is 0 Å². The van der Waals surface area contributed by atoms with Crippen LogP contribution < -0.4 is 10.1 Å². The predicted octanol–water partition coefficient (Wildman–Crippen LogP) is 3.64. The van der Waals surface area contributed by atoms with Crippen molar-refractivity contribution in [3.8, 4) is 5.75 Å². The standard InChI is InChI=1S/C12H7Cl2F2N3O2/c13-9-8(10(14)18-5-17-9)19-11(20)6-3-1-2-4-7(6)21-12(15)16/h1-5,12H,(H,19,20). The Kier molecular flexibility index (Phi) is 4.87. The Morgan fingerprint density at radius 3 is 2.43 bits per heavy atom. The van der Waals surface area contributed by atoms with E-state index in [9.17, 15) is 13.6 Å². The van der Waals surface area contributed by atoms with Crippen molar-refractivity contribution < 1.29 is 18.3 Å². The van der Waals surface area contributed by atoms with E-state index in [0.717, 1.165) is 6.33 Å². The maximum absolute atomic E-state index is 12.3. The predicted molar refractivity (Wildman–Crippen MR) is 73.1 cm³/mol.